The van der Waals surface area contributed by atoms with E-state index in [-0.39, 0.29) is 17.4 Å². The molecule has 25 heavy (non-hydrogen) atoms. The number of rotatable bonds is 2. The second-order valence-corrected chi connectivity index (χ2v) is 8.46. The molecule has 3 nitrogen and oxygen atoms in total. The fourth-order valence-corrected chi connectivity index (χ4v) is 8.28. The fraction of sp³-hybridized carbons (Fsp3) is 0.364. The lowest BCUT2D eigenvalue weighted by atomic mass is 9.72. The van der Waals surface area contributed by atoms with Gasteiger partial charge in [-0.3, -0.25) is 9.59 Å². The lowest BCUT2D eigenvalue weighted by Gasteiger charge is -2.31. The van der Waals surface area contributed by atoms with Crippen LogP contribution >= 0.6 is 0 Å². The number of benzene rings is 2. The monoisotopic (exact) mass is 328 g/mol. The van der Waals surface area contributed by atoms with Gasteiger partial charge in [0.2, 0.25) is 0 Å². The lowest BCUT2D eigenvalue weighted by molar-refractivity contribution is -0.159. The van der Waals surface area contributed by atoms with E-state index < -0.39 is 16.2 Å². The lowest BCUT2D eigenvalue weighted by Crippen LogP contribution is -2.37. The van der Waals surface area contributed by atoms with Crippen molar-refractivity contribution in [3.8, 4) is 0 Å². The molecule has 1 heterocycles. The van der Waals surface area contributed by atoms with Gasteiger partial charge >= 0.3 is 11.9 Å². The Hall–Kier alpha value is -2.42. The van der Waals surface area contributed by atoms with E-state index in [9.17, 15) is 9.59 Å². The van der Waals surface area contributed by atoms with Crippen molar-refractivity contribution in [2.24, 2.45) is 22.7 Å². The topological polar surface area (TPSA) is 43.4 Å². The molecule has 1 aliphatic heterocycles. The van der Waals surface area contributed by atoms with Crippen LogP contribution in [0.15, 0.2) is 60.7 Å². The molecule has 3 heteroatoms. The van der Waals surface area contributed by atoms with Crippen LogP contribution in [0.2, 0.25) is 0 Å². The quantitative estimate of drug-likeness (QED) is 0.629. The maximum Gasteiger partial charge on any atom is 0.321 e. The molecule has 2 spiro atoms. The Morgan fingerprint density at radius 2 is 1.20 bits per heavy atom. The van der Waals surface area contributed by atoms with Gasteiger partial charge in [-0.15, -0.1) is 0 Å². The highest BCUT2D eigenvalue weighted by molar-refractivity contribution is 6.14. The average Bonchev–Trinajstić information content (AvgIpc) is 3.34. The van der Waals surface area contributed by atoms with Gasteiger partial charge in [-0.25, -0.2) is 0 Å². The van der Waals surface area contributed by atoms with Gasteiger partial charge < -0.3 is 4.74 Å². The van der Waals surface area contributed by atoms with E-state index >= 15 is 0 Å². The van der Waals surface area contributed by atoms with E-state index in [1.807, 2.05) is 24.3 Å². The number of cyclic esters (lactones) is 2. The van der Waals surface area contributed by atoms with Crippen molar-refractivity contribution in [2.45, 2.75) is 23.7 Å². The van der Waals surface area contributed by atoms with Crippen molar-refractivity contribution in [3.63, 3.8) is 0 Å². The Labute approximate surface area is 145 Å². The zero-order valence-electron chi connectivity index (χ0n) is 13.6. The third-order valence-electron chi connectivity index (χ3n) is 8.51. The van der Waals surface area contributed by atoms with Crippen molar-refractivity contribution in [3.05, 3.63) is 71.8 Å². The summed E-state index contributed by atoms with van der Waals surface area (Å²) in [5, 5.41) is 0. The van der Waals surface area contributed by atoms with Crippen LogP contribution in [0.3, 0.4) is 0 Å². The predicted octanol–water partition coefficient (Wildman–Crippen LogP) is 2.99. The second-order valence-electron chi connectivity index (χ2n) is 8.46. The summed E-state index contributed by atoms with van der Waals surface area (Å²) in [5.41, 5.74) is 0.771. The minimum atomic E-state index is -0.617. The summed E-state index contributed by atoms with van der Waals surface area (Å²) in [6.45, 7) is 0. The summed E-state index contributed by atoms with van der Waals surface area (Å²) in [7, 11) is 0. The SMILES string of the molecule is O=C1OC(=O)C23CC4C5CC12C3(c1ccccc1)C54c1ccccc1. The maximum absolute atomic E-state index is 12.9. The summed E-state index contributed by atoms with van der Waals surface area (Å²) < 4.78 is 5.21. The largest absolute Gasteiger partial charge is 0.392 e. The standard InChI is InChI=1S/C22H16O3/c23-17-19-11-15-16-12-20(19,18(24)25-17)22(19,14-9-5-2-6-10-14)21(15,16)13-7-3-1-4-8-13/h1-10,15-16H,11-12H2. The molecule has 4 unspecified atom stereocenters. The van der Waals surface area contributed by atoms with Crippen LogP contribution in [0.1, 0.15) is 24.0 Å². The van der Waals surface area contributed by atoms with Gasteiger partial charge in [-0.1, -0.05) is 60.7 Å². The van der Waals surface area contributed by atoms with Gasteiger partial charge in [-0.05, 0) is 35.8 Å². The Morgan fingerprint density at radius 3 is 1.72 bits per heavy atom. The minimum Gasteiger partial charge on any atom is -0.392 e. The highest BCUT2D eigenvalue weighted by atomic mass is 16.6. The third kappa shape index (κ3) is 0.834. The summed E-state index contributed by atoms with van der Waals surface area (Å²) in [4.78, 5) is 25.9. The van der Waals surface area contributed by atoms with Crippen molar-refractivity contribution < 1.29 is 14.3 Å². The minimum absolute atomic E-state index is 0.0648. The van der Waals surface area contributed by atoms with E-state index in [1.165, 1.54) is 5.56 Å². The highest BCUT2D eigenvalue weighted by Crippen LogP contribution is 3.07. The summed E-state index contributed by atoms with van der Waals surface area (Å²) in [6, 6.07) is 20.9. The smallest absolute Gasteiger partial charge is 0.321 e. The molecule has 4 atom stereocenters. The molecule has 5 aliphatic rings. The average molecular weight is 328 g/mol. The van der Waals surface area contributed by atoms with Crippen LogP contribution in [-0.4, -0.2) is 11.9 Å². The zero-order chi connectivity index (χ0) is 16.7. The summed E-state index contributed by atoms with van der Waals surface area (Å²) in [5.74, 6) is 0.468. The first-order valence-corrected chi connectivity index (χ1v) is 9.07. The van der Waals surface area contributed by atoms with Crippen LogP contribution in [0.25, 0.3) is 0 Å². The maximum atomic E-state index is 12.9. The van der Waals surface area contributed by atoms with Crippen LogP contribution in [0.5, 0.6) is 0 Å². The van der Waals surface area contributed by atoms with E-state index in [0.717, 1.165) is 18.4 Å². The van der Waals surface area contributed by atoms with Crippen molar-refractivity contribution in [2.75, 3.05) is 0 Å². The van der Waals surface area contributed by atoms with Gasteiger partial charge in [-0.2, -0.15) is 0 Å². The highest BCUT2D eigenvalue weighted by Gasteiger charge is 3.14. The van der Waals surface area contributed by atoms with Crippen molar-refractivity contribution >= 4 is 11.9 Å². The van der Waals surface area contributed by atoms with Crippen molar-refractivity contribution in [1.82, 2.24) is 0 Å². The molecular weight excluding hydrogens is 312 g/mol. The van der Waals surface area contributed by atoms with E-state index in [0.29, 0.717) is 11.8 Å². The molecule has 2 aromatic rings. The number of hydrogen-bond acceptors (Lipinski definition) is 3. The molecule has 0 aromatic heterocycles. The van der Waals surface area contributed by atoms with Crippen LogP contribution < -0.4 is 0 Å². The molecule has 0 N–H and O–H groups in total. The number of ether oxygens (including phenoxy) is 1. The Bertz CT molecular complexity index is 958. The van der Waals surface area contributed by atoms with E-state index in [2.05, 4.69) is 36.4 Å². The van der Waals surface area contributed by atoms with Gasteiger partial charge in [0, 0.05) is 10.8 Å². The third-order valence-corrected chi connectivity index (χ3v) is 8.51. The molecule has 4 saturated carbocycles. The van der Waals surface area contributed by atoms with Gasteiger partial charge in [0.25, 0.3) is 0 Å². The first kappa shape index (κ1) is 12.9. The van der Waals surface area contributed by atoms with Gasteiger partial charge in [0.15, 0.2) is 0 Å². The Balaban J connectivity index is 1.61. The molecular formula is C22H16O3. The number of carbonyl (C=O) groups is 2. The van der Waals surface area contributed by atoms with Gasteiger partial charge in [0.1, 0.15) is 0 Å². The summed E-state index contributed by atoms with van der Waals surface area (Å²) in [6.07, 6.45) is 1.62. The van der Waals surface area contributed by atoms with Gasteiger partial charge in [0.05, 0.1) is 10.8 Å². The number of esters is 2. The van der Waals surface area contributed by atoms with Crippen LogP contribution in [0, 0.1) is 22.7 Å². The Kier molecular flexibility index (Phi) is 1.70. The molecule has 7 rings (SSSR count). The van der Waals surface area contributed by atoms with Crippen molar-refractivity contribution in [1.29, 1.82) is 0 Å². The summed E-state index contributed by atoms with van der Waals surface area (Å²) >= 11 is 0. The molecule has 0 radical (unpaired) electrons. The Morgan fingerprint density at radius 1 is 0.720 bits per heavy atom. The molecule has 5 fully saturated rings. The zero-order valence-corrected chi connectivity index (χ0v) is 13.6. The molecule has 0 amide bonds. The first-order chi connectivity index (χ1) is 12.2. The molecule has 4 aliphatic carbocycles. The normalized spacial score (nSPS) is 49.6. The molecule has 1 saturated heterocycles. The van der Waals surface area contributed by atoms with Crippen LogP contribution in [0.4, 0.5) is 0 Å². The molecule has 122 valence electrons. The van der Waals surface area contributed by atoms with E-state index in [4.69, 9.17) is 4.74 Å². The second kappa shape index (κ2) is 3.31. The van der Waals surface area contributed by atoms with E-state index in [1.54, 1.807) is 0 Å². The number of hydrogen-bond donors (Lipinski definition) is 0. The van der Waals surface area contributed by atoms with Crippen LogP contribution in [-0.2, 0) is 25.2 Å². The molecule has 0 bridgehead atoms. The first-order valence-electron chi connectivity index (χ1n) is 9.07. The number of carbonyl (C=O) groups excluding carboxylic acids is 2. The molecule has 2 aromatic carbocycles. The fourth-order valence-electron chi connectivity index (χ4n) is 8.28. The predicted molar refractivity (Wildman–Crippen MR) is 88.4 cm³/mol. The number of fused-ring (bicyclic) bond motifs is 1.